The Morgan fingerprint density at radius 2 is 2.00 bits per heavy atom. The number of thioether (sulfide) groups is 1. The summed E-state index contributed by atoms with van der Waals surface area (Å²) in [6.07, 6.45) is 3.47. The van der Waals surface area contributed by atoms with Gasteiger partial charge in [-0.05, 0) is 24.3 Å². The molecule has 0 fully saturated rings. The Kier molecular flexibility index (Phi) is 5.50. The summed E-state index contributed by atoms with van der Waals surface area (Å²) >= 11 is 1.55. The van der Waals surface area contributed by atoms with E-state index in [9.17, 15) is 4.79 Å². The van der Waals surface area contributed by atoms with E-state index in [1.54, 1.807) is 30.1 Å². The first-order valence-corrected chi connectivity index (χ1v) is 8.65. The van der Waals surface area contributed by atoms with Crippen molar-refractivity contribution in [3.8, 4) is 17.4 Å². The summed E-state index contributed by atoms with van der Waals surface area (Å²) in [4.78, 5) is 17.3. The highest BCUT2D eigenvalue weighted by Gasteiger charge is 2.10. The van der Waals surface area contributed by atoms with Crippen LogP contribution in [0.3, 0.4) is 0 Å². The van der Waals surface area contributed by atoms with Crippen LogP contribution in [-0.2, 0) is 0 Å². The van der Waals surface area contributed by atoms with Crippen LogP contribution in [0.4, 0.5) is 5.69 Å². The predicted molar refractivity (Wildman–Crippen MR) is 97.3 cm³/mol. The van der Waals surface area contributed by atoms with E-state index in [0.29, 0.717) is 23.5 Å². The lowest BCUT2D eigenvalue weighted by atomic mass is 10.1. The minimum absolute atomic E-state index is 0.183. The standard InChI is InChI=1S/C19H15N3O2S/c20-10-3-11-25-18-5-2-1-4-16(18)22-19(23)15-8-6-14(7-9-15)17-12-21-13-24-17/h1-2,4-9,12-13H,3,11H2,(H,22,23). The number of anilines is 1. The lowest BCUT2D eigenvalue weighted by molar-refractivity contribution is 0.102. The molecule has 0 spiro atoms. The lowest BCUT2D eigenvalue weighted by Gasteiger charge is -2.10. The quantitative estimate of drug-likeness (QED) is 0.520. The van der Waals surface area contributed by atoms with Gasteiger partial charge in [0.05, 0.1) is 18.0 Å². The molecule has 124 valence electrons. The topological polar surface area (TPSA) is 78.9 Å². The van der Waals surface area contributed by atoms with Crippen LogP contribution >= 0.6 is 11.8 Å². The zero-order valence-corrected chi connectivity index (χ0v) is 14.1. The van der Waals surface area contributed by atoms with Crippen molar-refractivity contribution in [2.24, 2.45) is 0 Å². The van der Waals surface area contributed by atoms with Crippen molar-refractivity contribution in [2.75, 3.05) is 11.1 Å². The third-order valence-electron chi connectivity index (χ3n) is 3.47. The Labute approximate surface area is 149 Å². The van der Waals surface area contributed by atoms with Gasteiger partial charge in [-0.2, -0.15) is 5.26 Å². The summed E-state index contributed by atoms with van der Waals surface area (Å²) in [5, 5.41) is 11.6. The second-order valence-electron chi connectivity index (χ2n) is 5.15. The zero-order chi connectivity index (χ0) is 17.5. The first-order chi connectivity index (χ1) is 12.3. The second-order valence-corrected chi connectivity index (χ2v) is 6.29. The molecule has 0 aliphatic rings. The summed E-state index contributed by atoms with van der Waals surface area (Å²) in [5.74, 6) is 1.17. The average molecular weight is 349 g/mol. The van der Waals surface area contributed by atoms with E-state index in [1.165, 1.54) is 6.39 Å². The summed E-state index contributed by atoms with van der Waals surface area (Å²) in [5.41, 5.74) is 2.16. The fourth-order valence-electron chi connectivity index (χ4n) is 2.24. The van der Waals surface area contributed by atoms with E-state index < -0.39 is 0 Å². The van der Waals surface area contributed by atoms with Crippen LogP contribution in [0.2, 0.25) is 0 Å². The molecule has 0 bridgehead atoms. The third-order valence-corrected chi connectivity index (χ3v) is 4.55. The number of nitrogens with one attached hydrogen (secondary N) is 1. The lowest BCUT2D eigenvalue weighted by Crippen LogP contribution is -2.12. The molecule has 5 nitrogen and oxygen atoms in total. The molecule has 3 aromatic rings. The zero-order valence-electron chi connectivity index (χ0n) is 13.3. The molecule has 0 radical (unpaired) electrons. The van der Waals surface area contributed by atoms with E-state index in [1.807, 2.05) is 36.4 Å². The fourth-order valence-corrected chi connectivity index (χ4v) is 3.10. The van der Waals surface area contributed by atoms with Gasteiger partial charge in [-0.3, -0.25) is 4.79 Å². The molecular weight excluding hydrogens is 334 g/mol. The molecule has 0 unspecified atom stereocenters. The van der Waals surface area contributed by atoms with E-state index in [4.69, 9.17) is 9.68 Å². The maximum atomic E-state index is 12.5. The molecule has 0 aliphatic heterocycles. The molecule has 6 heteroatoms. The Morgan fingerprint density at radius 1 is 1.20 bits per heavy atom. The number of hydrogen-bond acceptors (Lipinski definition) is 5. The Balaban J connectivity index is 1.71. The average Bonchev–Trinajstić information content (AvgIpc) is 3.18. The molecule has 1 N–H and O–H groups in total. The van der Waals surface area contributed by atoms with Crippen molar-refractivity contribution in [2.45, 2.75) is 11.3 Å². The fraction of sp³-hybridized carbons (Fsp3) is 0.105. The Morgan fingerprint density at radius 3 is 2.72 bits per heavy atom. The maximum absolute atomic E-state index is 12.5. The van der Waals surface area contributed by atoms with Crippen molar-refractivity contribution in [3.05, 3.63) is 66.7 Å². The molecule has 1 aromatic heterocycles. The van der Waals surface area contributed by atoms with Gasteiger partial charge in [0.15, 0.2) is 12.2 Å². The predicted octanol–water partition coefficient (Wildman–Crippen LogP) is 4.60. The summed E-state index contributed by atoms with van der Waals surface area (Å²) in [7, 11) is 0. The van der Waals surface area contributed by atoms with Gasteiger partial charge < -0.3 is 9.73 Å². The minimum Gasteiger partial charge on any atom is -0.444 e. The number of nitriles is 1. The summed E-state index contributed by atoms with van der Waals surface area (Å²) < 4.78 is 5.24. The van der Waals surface area contributed by atoms with Crippen LogP contribution in [0.1, 0.15) is 16.8 Å². The van der Waals surface area contributed by atoms with Crippen molar-refractivity contribution < 1.29 is 9.21 Å². The van der Waals surface area contributed by atoms with Gasteiger partial charge in [-0.15, -0.1) is 11.8 Å². The number of aromatic nitrogens is 1. The molecule has 2 aromatic carbocycles. The van der Waals surface area contributed by atoms with Crippen LogP contribution in [0.15, 0.2) is 70.4 Å². The van der Waals surface area contributed by atoms with E-state index in [0.717, 1.165) is 16.1 Å². The van der Waals surface area contributed by atoms with Gasteiger partial charge in [0, 0.05) is 28.2 Å². The Hall–Kier alpha value is -3.04. The molecule has 25 heavy (non-hydrogen) atoms. The van der Waals surface area contributed by atoms with E-state index in [-0.39, 0.29) is 5.91 Å². The summed E-state index contributed by atoms with van der Waals surface area (Å²) in [6.45, 7) is 0. The molecule has 0 atom stereocenters. The number of hydrogen-bond donors (Lipinski definition) is 1. The molecule has 0 saturated carbocycles. The SMILES string of the molecule is N#CCCSc1ccccc1NC(=O)c1ccc(-c2cnco2)cc1. The first kappa shape index (κ1) is 16.8. The van der Waals surface area contributed by atoms with Gasteiger partial charge in [-0.25, -0.2) is 4.98 Å². The van der Waals surface area contributed by atoms with Crippen LogP contribution in [0.5, 0.6) is 0 Å². The number of benzene rings is 2. The van der Waals surface area contributed by atoms with Crippen LogP contribution in [-0.4, -0.2) is 16.6 Å². The largest absolute Gasteiger partial charge is 0.444 e. The highest BCUT2D eigenvalue weighted by atomic mass is 32.2. The van der Waals surface area contributed by atoms with Crippen LogP contribution < -0.4 is 5.32 Å². The number of carbonyl (C=O) groups excluding carboxylic acids is 1. The van der Waals surface area contributed by atoms with Gasteiger partial charge in [0.25, 0.3) is 5.91 Å². The van der Waals surface area contributed by atoms with E-state index >= 15 is 0 Å². The molecule has 3 rings (SSSR count). The molecule has 0 aliphatic carbocycles. The van der Waals surface area contributed by atoms with Gasteiger partial charge in [-0.1, -0.05) is 24.3 Å². The maximum Gasteiger partial charge on any atom is 0.255 e. The molecule has 1 amide bonds. The minimum atomic E-state index is -0.183. The number of carbonyl (C=O) groups is 1. The smallest absolute Gasteiger partial charge is 0.255 e. The summed E-state index contributed by atoms with van der Waals surface area (Å²) in [6, 6.07) is 16.8. The van der Waals surface area contributed by atoms with Crippen LogP contribution in [0, 0.1) is 11.3 Å². The van der Waals surface area contributed by atoms with Gasteiger partial charge in [0.2, 0.25) is 0 Å². The number of amides is 1. The first-order valence-electron chi connectivity index (χ1n) is 7.67. The third kappa shape index (κ3) is 4.28. The second kappa shape index (κ2) is 8.18. The van der Waals surface area contributed by atoms with Gasteiger partial charge in [0.1, 0.15) is 0 Å². The monoisotopic (exact) mass is 349 g/mol. The number of rotatable bonds is 6. The highest BCUT2D eigenvalue weighted by molar-refractivity contribution is 7.99. The Bertz CT molecular complexity index is 884. The number of para-hydroxylation sites is 1. The van der Waals surface area contributed by atoms with Crippen molar-refractivity contribution in [1.29, 1.82) is 5.26 Å². The highest BCUT2D eigenvalue weighted by Crippen LogP contribution is 2.28. The van der Waals surface area contributed by atoms with Crippen molar-refractivity contribution >= 4 is 23.4 Å². The number of nitrogens with zero attached hydrogens (tertiary/aromatic N) is 2. The molecular formula is C19H15N3O2S. The van der Waals surface area contributed by atoms with Crippen molar-refractivity contribution in [3.63, 3.8) is 0 Å². The number of oxazole rings is 1. The normalized spacial score (nSPS) is 10.2. The van der Waals surface area contributed by atoms with Crippen LogP contribution in [0.25, 0.3) is 11.3 Å². The molecule has 0 saturated heterocycles. The van der Waals surface area contributed by atoms with Gasteiger partial charge >= 0.3 is 0 Å². The molecule has 1 heterocycles. The van der Waals surface area contributed by atoms with Crippen molar-refractivity contribution in [1.82, 2.24) is 4.98 Å². The van der Waals surface area contributed by atoms with E-state index in [2.05, 4.69) is 16.4 Å².